The summed E-state index contributed by atoms with van der Waals surface area (Å²) >= 11 is 0. The van der Waals surface area contributed by atoms with Gasteiger partial charge in [0, 0.05) is 19.6 Å². The van der Waals surface area contributed by atoms with Gasteiger partial charge in [-0.1, -0.05) is 13.8 Å². The Kier molecular flexibility index (Phi) is 3.21. The molecule has 3 heteroatoms. The van der Waals surface area contributed by atoms with Crippen molar-refractivity contribution in [2.24, 2.45) is 22.2 Å². The second kappa shape index (κ2) is 4.72. The van der Waals surface area contributed by atoms with Gasteiger partial charge in [0.15, 0.2) is 0 Å². The Morgan fingerprint density at radius 2 is 1.59 bits per heavy atom. The molecule has 1 aliphatic heterocycles. The van der Waals surface area contributed by atoms with E-state index < -0.39 is 0 Å². The molecule has 3 nitrogen and oxygen atoms in total. The highest BCUT2D eigenvalue weighted by Crippen LogP contribution is 2.69. The fraction of sp³-hybridized carbons (Fsp3) is 0.947. The van der Waals surface area contributed by atoms with E-state index >= 15 is 0 Å². The molecule has 1 saturated heterocycles. The van der Waals surface area contributed by atoms with E-state index in [0.29, 0.717) is 16.7 Å². The van der Waals surface area contributed by atoms with E-state index in [2.05, 4.69) is 30.7 Å². The van der Waals surface area contributed by atoms with Gasteiger partial charge in [0.1, 0.15) is 0 Å². The van der Waals surface area contributed by atoms with Crippen LogP contribution in [-0.4, -0.2) is 48.9 Å². The van der Waals surface area contributed by atoms with Crippen molar-refractivity contribution in [2.45, 2.75) is 58.8 Å². The summed E-state index contributed by atoms with van der Waals surface area (Å²) in [6.45, 7) is 9.02. The van der Waals surface area contributed by atoms with Crippen molar-refractivity contribution >= 4 is 5.91 Å². The molecular weight excluding hydrogens is 272 g/mol. The van der Waals surface area contributed by atoms with Crippen molar-refractivity contribution in [3.05, 3.63) is 0 Å². The predicted octanol–water partition coefficient (Wildman–Crippen LogP) is 3.15. The van der Waals surface area contributed by atoms with E-state index in [-0.39, 0.29) is 5.41 Å². The summed E-state index contributed by atoms with van der Waals surface area (Å²) in [4.78, 5) is 18.1. The van der Waals surface area contributed by atoms with Crippen LogP contribution in [0.3, 0.4) is 0 Å². The van der Waals surface area contributed by atoms with Crippen LogP contribution in [0.15, 0.2) is 0 Å². The Morgan fingerprint density at radius 3 is 2.23 bits per heavy atom. The SMILES string of the molecule is CN1CCCN(C(=O)C23CC4C[C@@](C)(C2)C[C@@](C)(C4)C3)CC1. The molecule has 2 atom stereocenters. The molecule has 5 rings (SSSR count). The second-order valence-corrected chi connectivity index (χ2v) is 9.86. The van der Waals surface area contributed by atoms with Gasteiger partial charge in [-0.25, -0.2) is 0 Å². The van der Waals surface area contributed by atoms with Gasteiger partial charge in [-0.2, -0.15) is 0 Å². The van der Waals surface area contributed by atoms with E-state index in [1.807, 2.05) is 0 Å². The summed E-state index contributed by atoms with van der Waals surface area (Å²) in [5.74, 6) is 1.33. The quantitative estimate of drug-likeness (QED) is 0.743. The Labute approximate surface area is 135 Å². The molecule has 1 amide bonds. The van der Waals surface area contributed by atoms with E-state index in [1.54, 1.807) is 0 Å². The molecule has 4 aliphatic carbocycles. The van der Waals surface area contributed by atoms with Crippen LogP contribution in [0.1, 0.15) is 58.8 Å². The van der Waals surface area contributed by atoms with Crippen molar-refractivity contribution in [3.63, 3.8) is 0 Å². The summed E-state index contributed by atoms with van der Waals surface area (Å²) in [6, 6.07) is 0. The first kappa shape index (κ1) is 15.0. The number of nitrogens with zero attached hydrogens (tertiary/aromatic N) is 2. The third-order valence-electron chi connectivity index (χ3n) is 7.09. The molecule has 22 heavy (non-hydrogen) atoms. The van der Waals surface area contributed by atoms with Crippen LogP contribution in [-0.2, 0) is 4.79 Å². The summed E-state index contributed by atoms with van der Waals surface area (Å²) in [7, 11) is 2.18. The molecule has 5 aliphatic rings. The lowest BCUT2D eigenvalue weighted by atomic mass is 9.40. The lowest BCUT2D eigenvalue weighted by Crippen LogP contribution is -2.60. The molecular formula is C19H32N2O. The highest BCUT2D eigenvalue weighted by atomic mass is 16.2. The van der Waals surface area contributed by atoms with Gasteiger partial charge in [0.2, 0.25) is 5.91 Å². The highest BCUT2D eigenvalue weighted by molar-refractivity contribution is 5.83. The number of hydrogen-bond acceptors (Lipinski definition) is 2. The Balaban J connectivity index is 1.60. The molecule has 1 heterocycles. The average molecular weight is 304 g/mol. The minimum Gasteiger partial charge on any atom is -0.341 e. The largest absolute Gasteiger partial charge is 0.341 e. The van der Waals surface area contributed by atoms with Crippen LogP contribution < -0.4 is 0 Å². The molecule has 0 radical (unpaired) electrons. The maximum absolute atomic E-state index is 13.5. The first-order valence-electron chi connectivity index (χ1n) is 9.30. The molecule has 0 N–H and O–H groups in total. The van der Waals surface area contributed by atoms with Crippen LogP contribution in [0, 0.1) is 22.2 Å². The van der Waals surface area contributed by atoms with Gasteiger partial charge in [0.05, 0.1) is 5.41 Å². The zero-order valence-electron chi connectivity index (χ0n) is 14.7. The Hall–Kier alpha value is -0.570. The van der Waals surface area contributed by atoms with E-state index in [4.69, 9.17) is 0 Å². The minimum atomic E-state index is -0.00811. The third-order valence-corrected chi connectivity index (χ3v) is 7.09. The number of rotatable bonds is 1. The summed E-state index contributed by atoms with van der Waals surface area (Å²) in [5, 5.41) is 0. The van der Waals surface area contributed by atoms with Gasteiger partial charge < -0.3 is 9.80 Å². The molecule has 5 fully saturated rings. The predicted molar refractivity (Wildman–Crippen MR) is 88.5 cm³/mol. The third kappa shape index (κ3) is 2.31. The number of amides is 1. The Morgan fingerprint density at radius 1 is 0.909 bits per heavy atom. The first-order valence-corrected chi connectivity index (χ1v) is 9.30. The standard InChI is InChI=1S/C19H32N2O/c1-17-9-15-10-18(2,12-17)14-19(11-15,13-17)16(22)21-6-4-5-20(3)7-8-21/h15H,4-14H2,1-3H3/t15?,17-,18-,19?/m1/s1. The van der Waals surface area contributed by atoms with Crippen LogP contribution >= 0.6 is 0 Å². The zero-order chi connectivity index (χ0) is 15.6. The molecule has 4 saturated carbocycles. The number of carbonyl (C=O) groups is 1. The topological polar surface area (TPSA) is 23.6 Å². The van der Waals surface area contributed by atoms with Crippen molar-refractivity contribution in [1.82, 2.24) is 9.80 Å². The number of hydrogen-bond donors (Lipinski definition) is 0. The summed E-state index contributed by atoms with van der Waals surface area (Å²) < 4.78 is 0. The normalized spacial score (nSPS) is 48.5. The van der Waals surface area contributed by atoms with Crippen molar-refractivity contribution < 1.29 is 4.79 Å². The molecule has 0 aromatic rings. The summed E-state index contributed by atoms with van der Waals surface area (Å²) in [5.41, 5.74) is 0.866. The second-order valence-electron chi connectivity index (χ2n) is 9.86. The van der Waals surface area contributed by atoms with Gasteiger partial charge in [-0.05, 0) is 75.3 Å². The molecule has 0 aromatic carbocycles. The van der Waals surface area contributed by atoms with Gasteiger partial charge in [-0.3, -0.25) is 4.79 Å². The molecule has 0 unspecified atom stereocenters. The van der Waals surface area contributed by atoms with Crippen LogP contribution in [0.4, 0.5) is 0 Å². The van der Waals surface area contributed by atoms with Crippen LogP contribution in [0.5, 0.6) is 0 Å². The van der Waals surface area contributed by atoms with E-state index in [0.717, 1.165) is 51.4 Å². The molecule has 124 valence electrons. The van der Waals surface area contributed by atoms with Crippen LogP contribution in [0.25, 0.3) is 0 Å². The van der Waals surface area contributed by atoms with E-state index in [1.165, 1.54) is 25.7 Å². The monoisotopic (exact) mass is 304 g/mol. The fourth-order valence-electron chi connectivity index (χ4n) is 7.27. The lowest BCUT2D eigenvalue weighted by molar-refractivity contribution is -0.179. The first-order chi connectivity index (χ1) is 10.3. The number of likely N-dealkylation sites (N-methyl/N-ethyl adjacent to an activating group) is 1. The van der Waals surface area contributed by atoms with Crippen LogP contribution in [0.2, 0.25) is 0 Å². The molecule has 0 aromatic heterocycles. The minimum absolute atomic E-state index is 0.00811. The maximum atomic E-state index is 13.5. The maximum Gasteiger partial charge on any atom is 0.228 e. The highest BCUT2D eigenvalue weighted by Gasteiger charge is 2.63. The summed E-state index contributed by atoms with van der Waals surface area (Å²) in [6.07, 6.45) is 8.75. The van der Waals surface area contributed by atoms with Crippen molar-refractivity contribution in [2.75, 3.05) is 33.2 Å². The number of carbonyl (C=O) groups excluding carboxylic acids is 1. The molecule has 0 spiro atoms. The zero-order valence-corrected chi connectivity index (χ0v) is 14.7. The van der Waals surface area contributed by atoms with Crippen molar-refractivity contribution in [3.8, 4) is 0 Å². The smallest absolute Gasteiger partial charge is 0.228 e. The Bertz CT molecular complexity index is 470. The fourth-order valence-corrected chi connectivity index (χ4v) is 7.27. The van der Waals surface area contributed by atoms with Gasteiger partial charge in [-0.15, -0.1) is 0 Å². The lowest BCUT2D eigenvalue weighted by Gasteiger charge is -2.65. The van der Waals surface area contributed by atoms with Gasteiger partial charge in [0.25, 0.3) is 0 Å². The molecule has 4 bridgehead atoms. The van der Waals surface area contributed by atoms with Gasteiger partial charge >= 0.3 is 0 Å². The average Bonchev–Trinajstić information content (AvgIpc) is 2.58. The van der Waals surface area contributed by atoms with E-state index in [9.17, 15) is 4.79 Å². The van der Waals surface area contributed by atoms with Crippen molar-refractivity contribution in [1.29, 1.82) is 0 Å².